The smallest absolute Gasteiger partial charge is 0.227 e. The number of carbonyl (C=O) groups excluding carboxylic acids is 1. The molecule has 2 unspecified atom stereocenters. The topological polar surface area (TPSA) is 35.6 Å². The highest BCUT2D eigenvalue weighted by Gasteiger charge is 2.28. The molecule has 1 N–H and O–H groups in total. The normalized spacial score (nSPS) is 24.3. The molecule has 4 nitrogen and oxygen atoms in total. The van der Waals surface area contributed by atoms with Crippen LogP contribution in [-0.4, -0.2) is 62.5 Å². The van der Waals surface area contributed by atoms with E-state index in [1.54, 1.807) is 0 Å². The first-order valence-electron chi connectivity index (χ1n) is 7.18. The molecule has 2 atom stereocenters. The van der Waals surface area contributed by atoms with E-state index in [4.69, 9.17) is 0 Å². The summed E-state index contributed by atoms with van der Waals surface area (Å²) in [7, 11) is 4.11. The molecule has 1 aliphatic heterocycles. The maximum absolute atomic E-state index is 12.5. The van der Waals surface area contributed by atoms with Crippen molar-refractivity contribution in [3.8, 4) is 0 Å². The Morgan fingerprint density at radius 1 is 1.22 bits per heavy atom. The lowest BCUT2D eigenvalue weighted by atomic mass is 9.91. The molecule has 106 valence electrons. The molecular formula is C14H29N3O. The van der Waals surface area contributed by atoms with Gasteiger partial charge in [-0.2, -0.15) is 0 Å². The van der Waals surface area contributed by atoms with Crippen LogP contribution in [0.5, 0.6) is 0 Å². The second-order valence-corrected chi connectivity index (χ2v) is 5.82. The van der Waals surface area contributed by atoms with Gasteiger partial charge in [-0.05, 0) is 39.4 Å². The minimum atomic E-state index is 0.183. The molecule has 0 aliphatic carbocycles. The van der Waals surface area contributed by atoms with E-state index < -0.39 is 0 Å². The minimum absolute atomic E-state index is 0.183. The van der Waals surface area contributed by atoms with Gasteiger partial charge in [0.2, 0.25) is 5.91 Å². The zero-order valence-electron chi connectivity index (χ0n) is 12.4. The van der Waals surface area contributed by atoms with Crippen LogP contribution in [0.1, 0.15) is 26.7 Å². The summed E-state index contributed by atoms with van der Waals surface area (Å²) in [4.78, 5) is 16.7. The summed E-state index contributed by atoms with van der Waals surface area (Å²) < 4.78 is 0. The maximum atomic E-state index is 12.5. The van der Waals surface area contributed by atoms with E-state index >= 15 is 0 Å². The van der Waals surface area contributed by atoms with Crippen LogP contribution in [0.4, 0.5) is 0 Å². The molecule has 0 saturated carbocycles. The van der Waals surface area contributed by atoms with Crippen molar-refractivity contribution in [2.75, 3.05) is 46.8 Å². The average molecular weight is 255 g/mol. The lowest BCUT2D eigenvalue weighted by Crippen LogP contribution is -2.47. The second kappa shape index (κ2) is 7.74. The Labute approximate surface area is 112 Å². The van der Waals surface area contributed by atoms with Gasteiger partial charge in [0.15, 0.2) is 0 Å². The van der Waals surface area contributed by atoms with Gasteiger partial charge in [-0.1, -0.05) is 13.8 Å². The average Bonchev–Trinajstić information content (AvgIpc) is 2.33. The summed E-state index contributed by atoms with van der Waals surface area (Å²) in [6.07, 6.45) is 2.07. The van der Waals surface area contributed by atoms with Gasteiger partial charge >= 0.3 is 0 Å². The van der Waals surface area contributed by atoms with Gasteiger partial charge < -0.3 is 15.1 Å². The SMILES string of the molecule is CCCN(CCN(C)C)C(=O)C1CNCC(C)C1. The van der Waals surface area contributed by atoms with Crippen LogP contribution in [-0.2, 0) is 4.79 Å². The van der Waals surface area contributed by atoms with Gasteiger partial charge in [-0.3, -0.25) is 4.79 Å². The summed E-state index contributed by atoms with van der Waals surface area (Å²) in [6, 6.07) is 0. The molecule has 1 rings (SSSR count). The standard InChI is InChI=1S/C14H29N3O/c1-5-6-17(8-7-16(3)4)14(18)13-9-12(2)10-15-11-13/h12-13,15H,5-11H2,1-4H3. The Kier molecular flexibility index (Phi) is 6.65. The van der Waals surface area contributed by atoms with Crippen LogP contribution in [0.2, 0.25) is 0 Å². The number of hydrogen-bond acceptors (Lipinski definition) is 3. The lowest BCUT2D eigenvalue weighted by molar-refractivity contribution is -0.136. The fourth-order valence-corrected chi connectivity index (χ4v) is 2.53. The summed E-state index contributed by atoms with van der Waals surface area (Å²) in [5, 5.41) is 3.37. The van der Waals surface area contributed by atoms with Gasteiger partial charge in [0, 0.05) is 26.2 Å². The molecular weight excluding hydrogens is 226 g/mol. The second-order valence-electron chi connectivity index (χ2n) is 5.82. The highest BCUT2D eigenvalue weighted by atomic mass is 16.2. The van der Waals surface area contributed by atoms with E-state index in [-0.39, 0.29) is 5.92 Å². The molecule has 4 heteroatoms. The number of hydrogen-bond donors (Lipinski definition) is 1. The molecule has 1 heterocycles. The molecule has 0 bridgehead atoms. The predicted molar refractivity (Wildman–Crippen MR) is 75.6 cm³/mol. The number of nitrogens with one attached hydrogen (secondary N) is 1. The molecule has 0 spiro atoms. The fraction of sp³-hybridized carbons (Fsp3) is 0.929. The Bertz CT molecular complexity index is 255. The fourth-order valence-electron chi connectivity index (χ4n) is 2.53. The van der Waals surface area contributed by atoms with E-state index in [9.17, 15) is 4.79 Å². The third-order valence-electron chi connectivity index (χ3n) is 3.54. The minimum Gasteiger partial charge on any atom is -0.341 e. The summed E-state index contributed by atoms with van der Waals surface area (Å²) >= 11 is 0. The van der Waals surface area contributed by atoms with Crippen molar-refractivity contribution in [2.45, 2.75) is 26.7 Å². The first-order valence-corrected chi connectivity index (χ1v) is 7.18. The molecule has 0 aromatic rings. The van der Waals surface area contributed by atoms with Gasteiger partial charge in [0.1, 0.15) is 0 Å². The van der Waals surface area contributed by atoms with Crippen molar-refractivity contribution in [3.63, 3.8) is 0 Å². The maximum Gasteiger partial charge on any atom is 0.227 e. The molecule has 1 fully saturated rings. The zero-order chi connectivity index (χ0) is 13.5. The van der Waals surface area contributed by atoms with E-state index in [2.05, 4.69) is 38.2 Å². The molecule has 0 aromatic carbocycles. The number of piperidine rings is 1. The van der Waals surface area contributed by atoms with Gasteiger partial charge in [-0.25, -0.2) is 0 Å². The third kappa shape index (κ3) is 4.94. The predicted octanol–water partition coefficient (Wildman–Crippen LogP) is 1.03. The number of amides is 1. The van der Waals surface area contributed by atoms with Crippen LogP contribution in [0.15, 0.2) is 0 Å². The Morgan fingerprint density at radius 3 is 2.50 bits per heavy atom. The molecule has 1 aliphatic rings. The van der Waals surface area contributed by atoms with Crippen LogP contribution in [0, 0.1) is 11.8 Å². The first kappa shape index (κ1) is 15.4. The van der Waals surface area contributed by atoms with E-state index in [1.807, 2.05) is 4.90 Å². The Morgan fingerprint density at radius 2 is 1.94 bits per heavy atom. The molecule has 1 amide bonds. The third-order valence-corrected chi connectivity index (χ3v) is 3.54. The van der Waals surface area contributed by atoms with E-state index in [0.717, 1.165) is 45.6 Å². The largest absolute Gasteiger partial charge is 0.341 e. The molecule has 0 radical (unpaired) electrons. The van der Waals surface area contributed by atoms with E-state index in [0.29, 0.717) is 11.8 Å². The summed E-state index contributed by atoms with van der Waals surface area (Å²) in [5.74, 6) is 1.14. The van der Waals surface area contributed by atoms with Crippen molar-refractivity contribution in [3.05, 3.63) is 0 Å². The van der Waals surface area contributed by atoms with Crippen molar-refractivity contribution < 1.29 is 4.79 Å². The number of carbonyl (C=O) groups is 1. The van der Waals surface area contributed by atoms with Gasteiger partial charge in [-0.15, -0.1) is 0 Å². The number of nitrogens with zero attached hydrogens (tertiary/aromatic N) is 2. The van der Waals surface area contributed by atoms with Crippen LogP contribution >= 0.6 is 0 Å². The number of likely N-dealkylation sites (N-methyl/N-ethyl adjacent to an activating group) is 1. The van der Waals surface area contributed by atoms with Crippen molar-refractivity contribution in [1.29, 1.82) is 0 Å². The monoisotopic (exact) mass is 255 g/mol. The number of rotatable bonds is 6. The van der Waals surface area contributed by atoms with Crippen LogP contribution < -0.4 is 5.32 Å². The zero-order valence-corrected chi connectivity index (χ0v) is 12.4. The Hall–Kier alpha value is -0.610. The van der Waals surface area contributed by atoms with Gasteiger partial charge in [0.05, 0.1) is 5.92 Å². The van der Waals surface area contributed by atoms with E-state index in [1.165, 1.54) is 0 Å². The highest BCUT2D eigenvalue weighted by molar-refractivity contribution is 5.79. The summed E-state index contributed by atoms with van der Waals surface area (Å²) in [6.45, 7) is 8.94. The van der Waals surface area contributed by atoms with Gasteiger partial charge in [0.25, 0.3) is 0 Å². The molecule has 18 heavy (non-hydrogen) atoms. The van der Waals surface area contributed by atoms with Crippen LogP contribution in [0.3, 0.4) is 0 Å². The quantitative estimate of drug-likeness (QED) is 0.770. The van der Waals surface area contributed by atoms with Crippen molar-refractivity contribution in [1.82, 2.24) is 15.1 Å². The highest BCUT2D eigenvalue weighted by Crippen LogP contribution is 2.18. The van der Waals surface area contributed by atoms with Crippen molar-refractivity contribution >= 4 is 5.91 Å². The Balaban J connectivity index is 2.51. The van der Waals surface area contributed by atoms with Crippen molar-refractivity contribution in [2.24, 2.45) is 11.8 Å². The lowest BCUT2D eigenvalue weighted by Gasteiger charge is -2.32. The van der Waals surface area contributed by atoms with Crippen LogP contribution in [0.25, 0.3) is 0 Å². The molecule has 1 saturated heterocycles. The summed E-state index contributed by atoms with van der Waals surface area (Å²) in [5.41, 5.74) is 0. The molecule has 0 aromatic heterocycles. The first-order chi connectivity index (χ1) is 8.54.